The van der Waals surface area contributed by atoms with Crippen LogP contribution in [0.25, 0.3) is 17.0 Å². The van der Waals surface area contributed by atoms with Gasteiger partial charge in [-0.15, -0.1) is 10.2 Å². The first-order chi connectivity index (χ1) is 9.11. The summed E-state index contributed by atoms with van der Waals surface area (Å²) < 4.78 is 10.2. The van der Waals surface area contributed by atoms with Crippen molar-refractivity contribution in [3.63, 3.8) is 0 Å². The van der Waals surface area contributed by atoms with E-state index in [2.05, 4.69) is 10.2 Å². The fraction of sp³-hybridized carbons (Fsp3) is 0.250. The van der Waals surface area contributed by atoms with Crippen molar-refractivity contribution in [3.05, 3.63) is 28.9 Å². The summed E-state index contributed by atoms with van der Waals surface area (Å²) in [7, 11) is 4.89. The first kappa shape index (κ1) is 13.3. The molecule has 0 aliphatic heterocycles. The summed E-state index contributed by atoms with van der Waals surface area (Å²) in [6.45, 7) is 0. The molecule has 0 aromatic carbocycles. The van der Waals surface area contributed by atoms with Gasteiger partial charge in [-0.25, -0.2) is 4.79 Å². The Labute approximate surface area is 114 Å². The maximum Gasteiger partial charge on any atom is 0.344 e. The van der Waals surface area contributed by atoms with Crippen LogP contribution in [0, 0.1) is 0 Å². The molecule has 2 rings (SSSR count). The quantitative estimate of drug-likeness (QED) is 0.628. The molecule has 0 aliphatic rings. The van der Waals surface area contributed by atoms with Gasteiger partial charge in [0.2, 0.25) is 5.89 Å². The summed E-state index contributed by atoms with van der Waals surface area (Å²) in [6.07, 6.45) is 1.58. The third-order valence-electron chi connectivity index (χ3n) is 2.22. The average Bonchev–Trinajstić information content (AvgIpc) is 3.04. The highest BCUT2D eigenvalue weighted by Crippen LogP contribution is 2.23. The lowest BCUT2D eigenvalue weighted by molar-refractivity contribution is -0.133. The molecule has 0 saturated heterocycles. The summed E-state index contributed by atoms with van der Waals surface area (Å²) in [5.74, 6) is 0.000720. The van der Waals surface area contributed by atoms with E-state index < -0.39 is 5.97 Å². The Kier molecular flexibility index (Phi) is 3.96. The second-order valence-corrected chi connectivity index (χ2v) is 4.70. The standard InChI is InChI=1S/C12H13N3O3S/c1-15(2)6-9(12(16)17-3)11-14-13-10(18-11)8-4-5-19-7-8/h4-7H,1-3H3. The van der Waals surface area contributed by atoms with Crippen LogP contribution >= 0.6 is 11.3 Å². The molecule has 0 bridgehead atoms. The number of carbonyl (C=O) groups is 1. The summed E-state index contributed by atoms with van der Waals surface area (Å²) in [5, 5.41) is 11.6. The highest BCUT2D eigenvalue weighted by Gasteiger charge is 2.20. The smallest absolute Gasteiger partial charge is 0.344 e. The Balaban J connectivity index is 2.36. The van der Waals surface area contributed by atoms with E-state index in [1.165, 1.54) is 18.4 Å². The largest absolute Gasteiger partial charge is 0.465 e. The monoisotopic (exact) mass is 279 g/mol. The van der Waals surface area contributed by atoms with Crippen LogP contribution in [-0.4, -0.2) is 42.3 Å². The fourth-order valence-electron chi connectivity index (χ4n) is 1.40. The second kappa shape index (κ2) is 5.66. The molecule has 19 heavy (non-hydrogen) atoms. The van der Waals surface area contributed by atoms with Gasteiger partial charge in [0, 0.05) is 31.2 Å². The zero-order valence-corrected chi connectivity index (χ0v) is 11.6. The molecule has 0 unspecified atom stereocenters. The number of aromatic nitrogens is 2. The maximum atomic E-state index is 11.7. The molecule has 0 N–H and O–H groups in total. The average molecular weight is 279 g/mol. The Bertz CT molecular complexity index is 587. The van der Waals surface area contributed by atoms with E-state index in [0.29, 0.717) is 5.89 Å². The number of hydrogen-bond donors (Lipinski definition) is 0. The van der Waals surface area contributed by atoms with Crippen molar-refractivity contribution in [2.75, 3.05) is 21.2 Å². The van der Waals surface area contributed by atoms with Gasteiger partial charge >= 0.3 is 5.97 Å². The molecule has 7 heteroatoms. The summed E-state index contributed by atoms with van der Waals surface area (Å²) in [4.78, 5) is 13.4. The van der Waals surface area contributed by atoms with Crippen molar-refractivity contribution in [2.45, 2.75) is 0 Å². The van der Waals surface area contributed by atoms with Crippen molar-refractivity contribution in [2.24, 2.45) is 0 Å². The number of methoxy groups -OCH3 is 1. The van der Waals surface area contributed by atoms with Gasteiger partial charge in [-0.3, -0.25) is 0 Å². The van der Waals surface area contributed by atoms with Crippen LogP contribution in [0.1, 0.15) is 5.89 Å². The van der Waals surface area contributed by atoms with E-state index in [-0.39, 0.29) is 11.5 Å². The maximum absolute atomic E-state index is 11.7. The molecule has 0 radical (unpaired) electrons. The van der Waals surface area contributed by atoms with E-state index in [1.807, 2.05) is 16.8 Å². The lowest BCUT2D eigenvalue weighted by atomic mass is 10.3. The van der Waals surface area contributed by atoms with Gasteiger partial charge < -0.3 is 14.1 Å². The number of nitrogens with zero attached hydrogens (tertiary/aromatic N) is 3. The molecule has 2 heterocycles. The van der Waals surface area contributed by atoms with Gasteiger partial charge in [0.05, 0.1) is 7.11 Å². The van der Waals surface area contributed by atoms with Gasteiger partial charge in [0.1, 0.15) is 5.57 Å². The molecule has 2 aromatic rings. The first-order valence-corrected chi connectivity index (χ1v) is 6.39. The molecule has 0 saturated carbocycles. The van der Waals surface area contributed by atoms with Crippen LogP contribution in [0.4, 0.5) is 0 Å². The summed E-state index contributed by atoms with van der Waals surface area (Å²) in [6, 6.07) is 1.87. The van der Waals surface area contributed by atoms with E-state index in [0.717, 1.165) is 5.56 Å². The number of rotatable bonds is 4. The topological polar surface area (TPSA) is 68.5 Å². The van der Waals surface area contributed by atoms with Crippen LogP contribution in [0.2, 0.25) is 0 Å². The molecule has 0 amide bonds. The van der Waals surface area contributed by atoms with E-state index in [1.54, 1.807) is 25.2 Å². The minimum atomic E-state index is -0.519. The van der Waals surface area contributed by atoms with E-state index in [4.69, 9.17) is 9.15 Å². The molecule has 6 nitrogen and oxygen atoms in total. The van der Waals surface area contributed by atoms with Crippen molar-refractivity contribution in [3.8, 4) is 11.5 Å². The van der Waals surface area contributed by atoms with Crippen molar-refractivity contribution >= 4 is 22.9 Å². The highest BCUT2D eigenvalue weighted by atomic mass is 32.1. The third kappa shape index (κ3) is 3.00. The molecule has 2 aromatic heterocycles. The van der Waals surface area contributed by atoms with Gasteiger partial charge in [-0.1, -0.05) is 0 Å². The van der Waals surface area contributed by atoms with Crippen LogP contribution in [-0.2, 0) is 9.53 Å². The van der Waals surface area contributed by atoms with E-state index in [9.17, 15) is 4.79 Å². The lowest BCUT2D eigenvalue weighted by Crippen LogP contribution is -2.10. The van der Waals surface area contributed by atoms with Gasteiger partial charge in [0.15, 0.2) is 0 Å². The lowest BCUT2D eigenvalue weighted by Gasteiger charge is -2.07. The minimum Gasteiger partial charge on any atom is -0.465 e. The molecule has 100 valence electrons. The number of esters is 1. The summed E-state index contributed by atoms with van der Waals surface area (Å²) >= 11 is 1.53. The van der Waals surface area contributed by atoms with Crippen LogP contribution in [0.3, 0.4) is 0 Å². The Morgan fingerprint density at radius 2 is 2.26 bits per heavy atom. The fourth-order valence-corrected chi connectivity index (χ4v) is 2.03. The zero-order valence-electron chi connectivity index (χ0n) is 10.8. The third-order valence-corrected chi connectivity index (χ3v) is 2.90. The highest BCUT2D eigenvalue weighted by molar-refractivity contribution is 7.08. The Morgan fingerprint density at radius 3 is 2.84 bits per heavy atom. The molecule has 0 spiro atoms. The van der Waals surface area contributed by atoms with Gasteiger partial charge in [-0.2, -0.15) is 11.3 Å². The molecule has 0 atom stereocenters. The van der Waals surface area contributed by atoms with Crippen LogP contribution < -0.4 is 0 Å². The normalized spacial score (nSPS) is 11.4. The molecule has 0 aliphatic carbocycles. The van der Waals surface area contributed by atoms with Crippen molar-refractivity contribution in [1.82, 2.24) is 15.1 Å². The zero-order chi connectivity index (χ0) is 13.8. The number of hydrogen-bond acceptors (Lipinski definition) is 7. The van der Waals surface area contributed by atoms with Gasteiger partial charge in [-0.05, 0) is 11.4 Å². The predicted molar refractivity (Wildman–Crippen MR) is 71.3 cm³/mol. The molecular weight excluding hydrogens is 266 g/mol. The summed E-state index contributed by atoms with van der Waals surface area (Å²) in [5.41, 5.74) is 1.05. The predicted octanol–water partition coefficient (Wildman–Crippen LogP) is 1.87. The Hall–Kier alpha value is -2.15. The van der Waals surface area contributed by atoms with Crippen LogP contribution in [0.5, 0.6) is 0 Å². The first-order valence-electron chi connectivity index (χ1n) is 5.45. The van der Waals surface area contributed by atoms with Crippen molar-refractivity contribution < 1.29 is 13.9 Å². The van der Waals surface area contributed by atoms with Crippen molar-refractivity contribution in [1.29, 1.82) is 0 Å². The van der Waals surface area contributed by atoms with E-state index >= 15 is 0 Å². The minimum absolute atomic E-state index is 0.141. The number of thiophene rings is 1. The molecular formula is C12H13N3O3S. The molecule has 0 fully saturated rings. The Morgan fingerprint density at radius 1 is 1.47 bits per heavy atom. The number of carbonyl (C=O) groups excluding carboxylic acids is 1. The second-order valence-electron chi connectivity index (χ2n) is 3.92. The van der Waals surface area contributed by atoms with Crippen LogP contribution in [0.15, 0.2) is 27.4 Å². The number of ether oxygens (including phenoxy) is 1. The SMILES string of the molecule is COC(=O)C(=CN(C)C)c1nnc(-c2ccsc2)o1. The van der Waals surface area contributed by atoms with Gasteiger partial charge in [0.25, 0.3) is 5.89 Å².